The molecule has 1 N–H and O–H groups in total. The first-order valence-electron chi connectivity index (χ1n) is 5.66. The predicted molar refractivity (Wildman–Crippen MR) is 82.2 cm³/mol. The van der Waals surface area contributed by atoms with E-state index in [1.165, 1.54) is 4.90 Å². The van der Waals surface area contributed by atoms with Gasteiger partial charge in [-0.15, -0.1) is 11.8 Å². The zero-order chi connectivity index (χ0) is 13.2. The summed E-state index contributed by atoms with van der Waals surface area (Å²) in [6, 6.07) is 8.21. The van der Waals surface area contributed by atoms with E-state index in [0.717, 1.165) is 21.8 Å². The number of hydrogen-bond donors (Lipinski definition) is 1. The number of halogens is 1. The molecule has 0 unspecified atom stereocenters. The summed E-state index contributed by atoms with van der Waals surface area (Å²) in [6.07, 6.45) is 7.59. The van der Waals surface area contributed by atoms with Crippen LogP contribution in [0.2, 0.25) is 0 Å². The van der Waals surface area contributed by atoms with Crippen molar-refractivity contribution in [3.05, 3.63) is 47.5 Å². The monoisotopic (exact) mass is 334 g/mol. The fourth-order valence-electron chi connectivity index (χ4n) is 1.82. The van der Waals surface area contributed by atoms with Gasteiger partial charge < -0.3 is 9.72 Å². The number of hydrogen-bond acceptors (Lipinski definition) is 4. The summed E-state index contributed by atoms with van der Waals surface area (Å²) < 4.78 is 2.69. The molecule has 0 saturated carbocycles. The van der Waals surface area contributed by atoms with Crippen LogP contribution in [0.1, 0.15) is 0 Å². The Hall–Kier alpha value is -1.53. The van der Waals surface area contributed by atoms with Crippen LogP contribution in [0.15, 0.2) is 52.4 Å². The van der Waals surface area contributed by atoms with Crippen LogP contribution in [-0.4, -0.2) is 20.6 Å². The van der Waals surface area contributed by atoms with Crippen molar-refractivity contribution in [2.24, 2.45) is 0 Å². The van der Waals surface area contributed by atoms with E-state index in [1.54, 1.807) is 18.0 Å². The third-order valence-electron chi connectivity index (χ3n) is 2.68. The molecular formula is C13H11BrN4S. The molecule has 2 heterocycles. The largest absolute Gasteiger partial charge is 0.337 e. The molecule has 0 amide bonds. The SMILES string of the molecule is CSc1cccc(Nc2nc(Br)cn3ccnc23)c1. The van der Waals surface area contributed by atoms with Crippen molar-refractivity contribution in [1.29, 1.82) is 0 Å². The van der Waals surface area contributed by atoms with Gasteiger partial charge in [-0.3, -0.25) is 0 Å². The Bertz CT molecular complexity index is 725. The van der Waals surface area contributed by atoms with Crippen LogP contribution in [0.3, 0.4) is 0 Å². The molecule has 3 rings (SSSR count). The summed E-state index contributed by atoms with van der Waals surface area (Å²) in [5, 5.41) is 3.31. The third-order valence-corrected chi connectivity index (χ3v) is 3.78. The number of fused-ring (bicyclic) bond motifs is 1. The molecule has 19 heavy (non-hydrogen) atoms. The second kappa shape index (κ2) is 5.22. The summed E-state index contributed by atoms with van der Waals surface area (Å²) in [4.78, 5) is 9.96. The van der Waals surface area contributed by atoms with Crippen LogP contribution >= 0.6 is 27.7 Å². The van der Waals surface area contributed by atoms with Crippen molar-refractivity contribution >= 4 is 44.8 Å². The van der Waals surface area contributed by atoms with E-state index in [1.807, 2.05) is 28.9 Å². The van der Waals surface area contributed by atoms with Gasteiger partial charge in [0.05, 0.1) is 0 Å². The number of thioether (sulfide) groups is 1. The number of benzene rings is 1. The Morgan fingerprint density at radius 3 is 3.11 bits per heavy atom. The van der Waals surface area contributed by atoms with Crippen molar-refractivity contribution in [2.45, 2.75) is 4.90 Å². The van der Waals surface area contributed by atoms with Crippen molar-refractivity contribution in [3.8, 4) is 0 Å². The molecule has 0 aliphatic rings. The lowest BCUT2D eigenvalue weighted by Crippen LogP contribution is -1.98. The van der Waals surface area contributed by atoms with Crippen LogP contribution in [0.4, 0.5) is 11.5 Å². The number of nitrogens with one attached hydrogen (secondary N) is 1. The first kappa shape index (κ1) is 12.5. The Morgan fingerprint density at radius 2 is 2.26 bits per heavy atom. The van der Waals surface area contributed by atoms with Gasteiger partial charge in [-0.2, -0.15) is 0 Å². The van der Waals surface area contributed by atoms with E-state index in [9.17, 15) is 0 Å². The number of rotatable bonds is 3. The summed E-state index contributed by atoms with van der Waals surface area (Å²) in [7, 11) is 0. The second-order valence-electron chi connectivity index (χ2n) is 3.93. The highest BCUT2D eigenvalue weighted by Gasteiger charge is 2.06. The van der Waals surface area contributed by atoms with Crippen molar-refractivity contribution in [1.82, 2.24) is 14.4 Å². The molecule has 2 aromatic heterocycles. The zero-order valence-electron chi connectivity index (χ0n) is 10.2. The Labute approximate surface area is 123 Å². The van der Waals surface area contributed by atoms with Crippen LogP contribution in [0.25, 0.3) is 5.65 Å². The minimum Gasteiger partial charge on any atom is -0.337 e. The van der Waals surface area contributed by atoms with Gasteiger partial charge >= 0.3 is 0 Å². The van der Waals surface area contributed by atoms with Crippen LogP contribution in [0, 0.1) is 0 Å². The summed E-state index contributed by atoms with van der Waals surface area (Å²) in [5.41, 5.74) is 1.81. The second-order valence-corrected chi connectivity index (χ2v) is 5.62. The smallest absolute Gasteiger partial charge is 0.180 e. The first-order valence-corrected chi connectivity index (χ1v) is 7.68. The quantitative estimate of drug-likeness (QED) is 0.736. The lowest BCUT2D eigenvalue weighted by molar-refractivity contribution is 1.10. The summed E-state index contributed by atoms with van der Waals surface area (Å²) in [6.45, 7) is 0. The van der Waals surface area contributed by atoms with E-state index < -0.39 is 0 Å². The van der Waals surface area contributed by atoms with Gasteiger partial charge in [-0.25, -0.2) is 9.97 Å². The van der Waals surface area contributed by atoms with E-state index in [2.05, 4.69) is 49.6 Å². The van der Waals surface area contributed by atoms with Crippen LogP contribution in [-0.2, 0) is 0 Å². The molecule has 96 valence electrons. The highest BCUT2D eigenvalue weighted by molar-refractivity contribution is 9.10. The average molecular weight is 335 g/mol. The van der Waals surface area contributed by atoms with Gasteiger partial charge in [0.15, 0.2) is 11.5 Å². The fourth-order valence-corrected chi connectivity index (χ4v) is 2.68. The minimum atomic E-state index is 0.734. The molecule has 0 aliphatic heterocycles. The highest BCUT2D eigenvalue weighted by Crippen LogP contribution is 2.24. The molecule has 0 spiro atoms. The van der Waals surface area contributed by atoms with Gasteiger partial charge in [-0.1, -0.05) is 6.07 Å². The van der Waals surface area contributed by atoms with Gasteiger partial charge in [-0.05, 0) is 40.4 Å². The molecule has 6 heteroatoms. The van der Waals surface area contributed by atoms with Gasteiger partial charge in [0.2, 0.25) is 0 Å². The molecule has 0 fully saturated rings. The molecule has 3 aromatic rings. The Morgan fingerprint density at radius 1 is 1.37 bits per heavy atom. The fraction of sp³-hybridized carbons (Fsp3) is 0.0769. The van der Waals surface area contributed by atoms with Crippen LogP contribution < -0.4 is 5.32 Å². The zero-order valence-corrected chi connectivity index (χ0v) is 12.6. The maximum atomic E-state index is 4.44. The van der Waals surface area contributed by atoms with E-state index in [0.29, 0.717) is 0 Å². The van der Waals surface area contributed by atoms with E-state index in [4.69, 9.17) is 0 Å². The van der Waals surface area contributed by atoms with Gasteiger partial charge in [0.1, 0.15) is 4.60 Å². The number of imidazole rings is 1. The molecular weight excluding hydrogens is 324 g/mol. The lowest BCUT2D eigenvalue weighted by Gasteiger charge is -2.08. The standard InChI is InChI=1S/C13H11BrN4S/c1-19-10-4-2-3-9(7-10)16-12-13-15-5-6-18(13)8-11(14)17-12/h2-8H,1H3,(H,16,17). The summed E-state index contributed by atoms with van der Waals surface area (Å²) in [5.74, 6) is 0.734. The Balaban J connectivity index is 2.02. The van der Waals surface area contributed by atoms with Crippen LogP contribution in [0.5, 0.6) is 0 Å². The molecule has 0 atom stereocenters. The van der Waals surface area contributed by atoms with Crippen molar-refractivity contribution in [3.63, 3.8) is 0 Å². The predicted octanol–water partition coefficient (Wildman–Crippen LogP) is 3.96. The maximum absolute atomic E-state index is 4.44. The molecule has 4 nitrogen and oxygen atoms in total. The van der Waals surface area contributed by atoms with Gasteiger partial charge in [0, 0.05) is 29.2 Å². The summed E-state index contributed by atoms with van der Waals surface area (Å²) >= 11 is 5.12. The van der Waals surface area contributed by atoms with Crippen molar-refractivity contribution in [2.75, 3.05) is 11.6 Å². The minimum absolute atomic E-state index is 0.734. The van der Waals surface area contributed by atoms with E-state index >= 15 is 0 Å². The number of nitrogens with zero attached hydrogens (tertiary/aromatic N) is 3. The van der Waals surface area contributed by atoms with Crippen molar-refractivity contribution < 1.29 is 0 Å². The third kappa shape index (κ3) is 2.59. The molecule has 0 bridgehead atoms. The topological polar surface area (TPSA) is 42.2 Å². The molecule has 0 radical (unpaired) electrons. The molecule has 1 aromatic carbocycles. The van der Waals surface area contributed by atoms with E-state index in [-0.39, 0.29) is 0 Å². The maximum Gasteiger partial charge on any atom is 0.180 e. The lowest BCUT2D eigenvalue weighted by atomic mass is 10.3. The normalized spacial score (nSPS) is 10.8. The highest BCUT2D eigenvalue weighted by atomic mass is 79.9. The number of anilines is 2. The number of aromatic nitrogens is 3. The first-order chi connectivity index (χ1) is 9.26. The Kier molecular flexibility index (Phi) is 3.44. The molecule has 0 aliphatic carbocycles. The average Bonchev–Trinajstić information content (AvgIpc) is 2.87. The van der Waals surface area contributed by atoms with Gasteiger partial charge in [0.25, 0.3) is 0 Å². The molecule has 0 saturated heterocycles.